The van der Waals surface area contributed by atoms with Crippen LogP contribution in [0.2, 0.25) is 5.15 Å². The molecular weight excluding hydrogens is 1540 g/mol. The van der Waals surface area contributed by atoms with E-state index in [1.807, 2.05) is 32.6 Å². The van der Waals surface area contributed by atoms with E-state index < -0.39 is 58.7 Å². The second-order valence-corrected chi connectivity index (χ2v) is 29.6. The van der Waals surface area contributed by atoms with Crippen LogP contribution in [-0.4, -0.2) is 201 Å². The number of amides is 8. The molecule has 2 atom stereocenters. The lowest BCUT2D eigenvalue weighted by Gasteiger charge is -2.35. The molecule has 16 rings (SSSR count). The number of carbonyl (C=O) groups is 8. The van der Waals surface area contributed by atoms with E-state index in [0.717, 1.165) is 26.2 Å². The van der Waals surface area contributed by atoms with Gasteiger partial charge in [0, 0.05) is 148 Å². The Hall–Kier alpha value is -13.5. The molecule has 6 aliphatic heterocycles. The van der Waals surface area contributed by atoms with Gasteiger partial charge >= 0.3 is 11.4 Å². The van der Waals surface area contributed by atoms with E-state index in [1.54, 1.807) is 72.8 Å². The summed E-state index contributed by atoms with van der Waals surface area (Å²) in [6, 6.07) is 23.1. The standard InChI is InChI=1S/C40H39FN10O7.C22H26FN5O3.C18H14ClN5O4/c1-21(2)25-15-26(33(53)16-32(25)52)36-46-47-40(58)51(36)23-7-6-22(28(41)14-23)19-48-10-12-49(13-11-48)34-18-42-30(17-43-34)37(55)44-29-5-3-4-24-27(29)20-50(39(24)57)31-8-9-35(54)45-38(31)56;1-13(2)16-10-17(20(30)11-19(16)29)21-25-26-22(31)28(21)15-4-3-14(18(23)9-15)12-27-7-5-24-6-8-27;19-14-7-20-12(6-21-14)16(26)22-11-3-1-2-9-10(11)8-24(18(9)28)13-4-5-15(25)23-17(13)27/h3-7,14-18,21,31,52-53H,8-13,19-20H2,1-2H3,(H,44,55)(H,47,58)(H,45,54,56);3-4,9-11,13,24,29-30H,5-8,12H2,1-2H3,(H,26,31);1-3,6-7,13H,4-5,8H2,(H,22,26)(H,23,25,27). The zero-order valence-corrected chi connectivity index (χ0v) is 64.2. The Morgan fingerprint density at radius 3 is 1.38 bits per heavy atom. The fraction of sp³-hybridized carbons (Fsp3) is 0.300. The number of rotatable bonds is 17. The number of aromatic nitrogens is 10. The minimum absolute atomic E-state index is 0.0137. The lowest BCUT2D eigenvalue weighted by molar-refractivity contribution is -0.138. The second kappa shape index (κ2) is 33.9. The quantitative estimate of drug-likeness (QED) is 0.0435. The first-order chi connectivity index (χ1) is 56.1. The van der Waals surface area contributed by atoms with E-state index in [0.29, 0.717) is 107 Å². The van der Waals surface area contributed by atoms with Crippen LogP contribution in [0.25, 0.3) is 34.2 Å². The summed E-state index contributed by atoms with van der Waals surface area (Å²) in [5.74, 6) is -4.27. The van der Waals surface area contributed by atoms with Crippen molar-refractivity contribution in [2.75, 3.05) is 67.9 Å². The van der Waals surface area contributed by atoms with E-state index in [2.05, 4.69) is 76.7 Å². The first-order valence-corrected chi connectivity index (χ1v) is 37.9. The van der Waals surface area contributed by atoms with Crippen molar-refractivity contribution in [3.05, 3.63) is 216 Å². The molecule has 0 bridgehead atoms. The highest BCUT2D eigenvalue weighted by Gasteiger charge is 2.42. The zero-order valence-electron chi connectivity index (χ0n) is 63.5. The largest absolute Gasteiger partial charge is 0.508 e. The van der Waals surface area contributed by atoms with Crippen LogP contribution in [0, 0.1) is 11.6 Å². The van der Waals surface area contributed by atoms with Gasteiger partial charge in [0.2, 0.25) is 23.6 Å². The van der Waals surface area contributed by atoms with Crippen LogP contribution in [0.3, 0.4) is 0 Å². The van der Waals surface area contributed by atoms with Crippen molar-refractivity contribution in [1.29, 1.82) is 0 Å². The molecule has 604 valence electrons. The van der Waals surface area contributed by atoms with Crippen LogP contribution >= 0.6 is 11.6 Å². The number of piperidine rings is 2. The predicted octanol–water partition coefficient (Wildman–Crippen LogP) is 6.48. The maximum Gasteiger partial charge on any atom is 0.348 e. The van der Waals surface area contributed by atoms with E-state index in [-0.39, 0.29) is 142 Å². The Labute approximate surface area is 669 Å². The number of fused-ring (bicyclic) bond motifs is 2. The van der Waals surface area contributed by atoms with Gasteiger partial charge in [-0.25, -0.2) is 57.6 Å². The summed E-state index contributed by atoms with van der Waals surface area (Å²) in [4.78, 5) is 150. The minimum Gasteiger partial charge on any atom is -0.508 e. The smallest absolute Gasteiger partial charge is 0.348 e. The summed E-state index contributed by atoms with van der Waals surface area (Å²) in [7, 11) is 0. The first-order valence-electron chi connectivity index (χ1n) is 37.6. The number of halogens is 3. The number of imide groups is 2. The molecule has 4 fully saturated rings. The summed E-state index contributed by atoms with van der Waals surface area (Å²) in [6.07, 6.45) is 6.22. The molecule has 6 aromatic carbocycles. The number of hydrogen-bond acceptors (Lipinski definition) is 24. The van der Waals surface area contributed by atoms with Gasteiger partial charge in [-0.05, 0) is 96.5 Å². The maximum atomic E-state index is 15.6. The van der Waals surface area contributed by atoms with Gasteiger partial charge in [0.05, 0.1) is 47.3 Å². The lowest BCUT2D eigenvalue weighted by atomic mass is 9.98. The fourth-order valence-corrected chi connectivity index (χ4v) is 14.9. The number of carbonyl (C=O) groups excluding carboxylic acids is 8. The molecule has 10 heterocycles. The summed E-state index contributed by atoms with van der Waals surface area (Å²) in [5.41, 5.74) is 4.91. The van der Waals surface area contributed by atoms with Crippen molar-refractivity contribution in [1.82, 2.24) is 85.0 Å². The number of phenolic OH excluding ortho intramolecular Hbond substituents is 4. The van der Waals surface area contributed by atoms with Crippen LogP contribution in [0.5, 0.6) is 23.0 Å². The minimum atomic E-state index is -0.778. The summed E-state index contributed by atoms with van der Waals surface area (Å²) in [5, 5.41) is 67.8. The number of nitrogens with one attached hydrogen (secondary N) is 7. The number of benzene rings is 6. The predicted molar refractivity (Wildman–Crippen MR) is 420 cm³/mol. The maximum absolute atomic E-state index is 15.6. The van der Waals surface area contributed by atoms with Crippen LogP contribution < -0.4 is 42.9 Å². The molecule has 4 aromatic heterocycles. The topological polar surface area (TPSA) is 447 Å². The highest BCUT2D eigenvalue weighted by atomic mass is 35.5. The van der Waals surface area contributed by atoms with E-state index in [1.165, 1.54) is 68.0 Å². The number of H-pyrrole nitrogens is 2. The van der Waals surface area contributed by atoms with Crippen molar-refractivity contribution in [3.8, 4) is 57.1 Å². The Morgan fingerprint density at radius 2 is 0.966 bits per heavy atom. The Kier molecular flexibility index (Phi) is 23.2. The number of phenols is 4. The molecule has 0 radical (unpaired) electrons. The Morgan fingerprint density at radius 1 is 0.521 bits per heavy atom. The number of aromatic amines is 2. The van der Waals surface area contributed by atoms with Gasteiger partial charge in [0.25, 0.3) is 23.6 Å². The van der Waals surface area contributed by atoms with Crippen molar-refractivity contribution < 1.29 is 67.6 Å². The molecule has 34 nitrogen and oxygen atoms in total. The van der Waals surface area contributed by atoms with Crippen LogP contribution in [0.4, 0.5) is 26.0 Å². The molecule has 37 heteroatoms. The molecule has 8 amide bonds. The van der Waals surface area contributed by atoms with Crippen molar-refractivity contribution in [2.45, 2.75) is 103 Å². The van der Waals surface area contributed by atoms with Crippen LogP contribution in [0.15, 0.2) is 131 Å². The zero-order chi connectivity index (χ0) is 82.8. The van der Waals surface area contributed by atoms with Crippen LogP contribution in [-0.2, 0) is 45.4 Å². The highest BCUT2D eigenvalue weighted by Crippen LogP contribution is 2.41. The fourth-order valence-electron chi connectivity index (χ4n) is 14.8. The molecule has 117 heavy (non-hydrogen) atoms. The molecule has 6 aliphatic rings. The average Bonchev–Trinajstić information content (AvgIpc) is 1.69. The third-order valence-electron chi connectivity index (χ3n) is 21.0. The second-order valence-electron chi connectivity index (χ2n) is 29.2. The van der Waals surface area contributed by atoms with E-state index in [4.69, 9.17) is 11.6 Å². The Bertz CT molecular complexity index is 5720. The number of hydrogen-bond donors (Lipinski definition) is 11. The monoisotopic (exact) mass is 1620 g/mol. The van der Waals surface area contributed by atoms with Crippen molar-refractivity contribution >= 4 is 76.1 Å². The van der Waals surface area contributed by atoms with Gasteiger partial charge in [-0.15, -0.1) is 0 Å². The molecule has 0 aliphatic carbocycles. The molecule has 0 saturated carbocycles. The van der Waals surface area contributed by atoms with Crippen molar-refractivity contribution in [3.63, 3.8) is 0 Å². The van der Waals surface area contributed by atoms with E-state index in [9.17, 15) is 72.8 Å². The third kappa shape index (κ3) is 17.1. The van der Waals surface area contributed by atoms with Crippen LogP contribution in [0.1, 0.15) is 140 Å². The summed E-state index contributed by atoms with van der Waals surface area (Å²) >= 11 is 5.68. The van der Waals surface area contributed by atoms with Gasteiger partial charge < -0.3 is 51.1 Å². The van der Waals surface area contributed by atoms with Crippen molar-refractivity contribution in [2.24, 2.45) is 0 Å². The average molecular weight is 1620 g/mol. The normalized spacial score (nSPS) is 16.9. The molecule has 2 unspecified atom stereocenters. The number of aromatic hydroxyl groups is 4. The number of nitrogens with zero attached hydrogens (tertiary/aromatic N) is 13. The number of anilines is 3. The van der Waals surface area contributed by atoms with E-state index >= 15 is 4.39 Å². The van der Waals surface area contributed by atoms with Gasteiger partial charge in [-0.2, -0.15) is 10.2 Å². The lowest BCUT2D eigenvalue weighted by Crippen LogP contribution is -2.52. The number of piperazine rings is 2. The van der Waals surface area contributed by atoms with Gasteiger partial charge in [0.1, 0.15) is 69.1 Å². The van der Waals surface area contributed by atoms with Gasteiger partial charge in [-0.1, -0.05) is 63.6 Å². The third-order valence-corrected chi connectivity index (χ3v) is 21.2. The SMILES string of the molecule is CC(C)c1cc(-c2n[nH]c(=O)n2-c2ccc(CN3CCN(c4cnc(C(=O)Nc5cccc6c5CN(C5CCC(=O)NC5=O)C6=O)cn4)CC3)c(F)c2)c(O)cc1O.CC(C)c1cc(-c2n[nH]c(=O)n2-c2ccc(CN3CCNCC3)c(F)c2)c(O)cc1O.O=C1CCC(N2Cc3c(NC(=O)c4cnc(Cl)cn4)cccc3C2=O)C(=O)N1. The first kappa shape index (κ1) is 80.2. The molecule has 0 spiro atoms. The van der Waals surface area contributed by atoms with Gasteiger partial charge in [-0.3, -0.25) is 58.8 Å². The molecular formula is C80H79ClF2N20O14. The Balaban J connectivity index is 0.000000160. The van der Waals surface area contributed by atoms with Gasteiger partial charge in [0.15, 0.2) is 11.6 Å². The molecule has 10 aromatic rings. The summed E-state index contributed by atoms with van der Waals surface area (Å²) in [6.45, 7) is 14.4. The molecule has 4 saturated heterocycles. The highest BCUT2D eigenvalue weighted by molar-refractivity contribution is 6.29. The molecule has 11 N–H and O–H groups in total. The summed E-state index contributed by atoms with van der Waals surface area (Å²) < 4.78 is 32.9.